The van der Waals surface area contributed by atoms with E-state index in [0.717, 1.165) is 16.6 Å². The second-order valence-electron chi connectivity index (χ2n) is 4.30. The number of methoxy groups -OCH3 is 1. The van der Waals surface area contributed by atoms with Gasteiger partial charge in [0.15, 0.2) is 11.0 Å². The first kappa shape index (κ1) is 14.8. The average Bonchev–Trinajstić information content (AvgIpc) is 2.88. The molecule has 1 unspecified atom stereocenters. The van der Waals surface area contributed by atoms with Gasteiger partial charge in [-0.2, -0.15) is 0 Å². The number of ether oxygens (including phenoxy) is 1. The molecule has 3 N–H and O–H groups in total. The Bertz CT molecular complexity index is 554. The Kier molecular flexibility index (Phi) is 4.99. The van der Waals surface area contributed by atoms with Crippen LogP contribution in [0, 0.1) is 0 Å². The number of hydrogen-bond donors (Lipinski definition) is 2. The second kappa shape index (κ2) is 6.74. The maximum Gasteiger partial charge on any atom is 0.195 e. The molecule has 1 aromatic carbocycles. The fourth-order valence-corrected chi connectivity index (χ4v) is 2.54. The summed E-state index contributed by atoms with van der Waals surface area (Å²) in [5.74, 6) is 2.02. The summed E-state index contributed by atoms with van der Waals surface area (Å²) in [6.45, 7) is 2.04. The first-order valence-electron chi connectivity index (χ1n) is 6.25. The highest BCUT2D eigenvalue weighted by Crippen LogP contribution is 2.24. The van der Waals surface area contributed by atoms with Crippen LogP contribution in [-0.4, -0.2) is 38.8 Å². The number of nitrogens with two attached hydrogens (primary N) is 1. The molecule has 2 rings (SSSR count). The van der Waals surface area contributed by atoms with Gasteiger partial charge in [0, 0.05) is 11.4 Å². The molecule has 108 valence electrons. The molecule has 1 heterocycles. The van der Waals surface area contributed by atoms with Gasteiger partial charge in [-0.15, -0.1) is 10.2 Å². The Morgan fingerprint density at radius 3 is 2.60 bits per heavy atom. The zero-order valence-corrected chi connectivity index (χ0v) is 12.3. The van der Waals surface area contributed by atoms with Gasteiger partial charge in [0.05, 0.1) is 19.8 Å². The van der Waals surface area contributed by atoms with E-state index in [1.54, 1.807) is 14.0 Å². The SMILES string of the molecule is COc1ccc(-n2c(CN)nnc2SCC(C)O)cc1. The molecule has 6 nitrogen and oxygen atoms in total. The van der Waals surface area contributed by atoms with Crippen molar-refractivity contribution in [2.75, 3.05) is 12.9 Å². The molecule has 7 heteroatoms. The molecule has 0 saturated carbocycles. The monoisotopic (exact) mass is 294 g/mol. The van der Waals surface area contributed by atoms with Crippen LogP contribution < -0.4 is 10.5 Å². The van der Waals surface area contributed by atoms with Crippen molar-refractivity contribution in [3.8, 4) is 11.4 Å². The van der Waals surface area contributed by atoms with Gasteiger partial charge in [0.2, 0.25) is 0 Å². The highest BCUT2D eigenvalue weighted by atomic mass is 32.2. The van der Waals surface area contributed by atoms with E-state index >= 15 is 0 Å². The van der Waals surface area contributed by atoms with Crippen molar-refractivity contribution in [2.45, 2.75) is 24.7 Å². The number of aromatic nitrogens is 3. The molecule has 1 aromatic heterocycles. The molecule has 0 aliphatic carbocycles. The van der Waals surface area contributed by atoms with Crippen LogP contribution in [0.5, 0.6) is 5.75 Å². The lowest BCUT2D eigenvalue weighted by atomic mass is 10.3. The van der Waals surface area contributed by atoms with Crippen molar-refractivity contribution < 1.29 is 9.84 Å². The van der Waals surface area contributed by atoms with E-state index in [1.165, 1.54) is 11.8 Å². The van der Waals surface area contributed by atoms with Crippen molar-refractivity contribution in [1.29, 1.82) is 0 Å². The number of hydrogen-bond acceptors (Lipinski definition) is 6. The van der Waals surface area contributed by atoms with Crippen LogP contribution in [0.4, 0.5) is 0 Å². The lowest BCUT2D eigenvalue weighted by Crippen LogP contribution is -2.09. The second-order valence-corrected chi connectivity index (χ2v) is 5.28. The predicted molar refractivity (Wildman–Crippen MR) is 78.2 cm³/mol. The van der Waals surface area contributed by atoms with Gasteiger partial charge in [-0.1, -0.05) is 11.8 Å². The first-order valence-corrected chi connectivity index (χ1v) is 7.24. The van der Waals surface area contributed by atoms with Crippen molar-refractivity contribution in [3.63, 3.8) is 0 Å². The number of thioether (sulfide) groups is 1. The van der Waals surface area contributed by atoms with Crippen LogP contribution in [0.2, 0.25) is 0 Å². The Hall–Kier alpha value is -1.57. The van der Waals surface area contributed by atoms with E-state index in [1.807, 2.05) is 28.8 Å². The van der Waals surface area contributed by atoms with Crippen LogP contribution in [0.1, 0.15) is 12.7 Å². The molecule has 0 bridgehead atoms. The first-order chi connectivity index (χ1) is 9.65. The van der Waals surface area contributed by atoms with Gasteiger partial charge < -0.3 is 15.6 Å². The summed E-state index contributed by atoms with van der Waals surface area (Å²) in [5, 5.41) is 18.3. The largest absolute Gasteiger partial charge is 0.497 e. The molecular formula is C13H18N4O2S. The van der Waals surface area contributed by atoms with Crippen LogP contribution in [0.25, 0.3) is 5.69 Å². The normalized spacial score (nSPS) is 12.4. The number of rotatable bonds is 6. The fourth-order valence-electron chi connectivity index (χ4n) is 1.71. The molecule has 0 aliphatic heterocycles. The number of aliphatic hydroxyl groups excluding tert-OH is 1. The minimum Gasteiger partial charge on any atom is -0.497 e. The van der Waals surface area contributed by atoms with Gasteiger partial charge in [0.1, 0.15) is 5.75 Å². The van der Waals surface area contributed by atoms with E-state index in [9.17, 15) is 5.11 Å². The van der Waals surface area contributed by atoms with Crippen molar-refractivity contribution >= 4 is 11.8 Å². The van der Waals surface area contributed by atoms with Gasteiger partial charge >= 0.3 is 0 Å². The number of aliphatic hydroxyl groups is 1. The average molecular weight is 294 g/mol. The van der Waals surface area contributed by atoms with Gasteiger partial charge in [-0.3, -0.25) is 4.57 Å². The van der Waals surface area contributed by atoms with Gasteiger partial charge in [0.25, 0.3) is 0 Å². The molecule has 20 heavy (non-hydrogen) atoms. The van der Waals surface area contributed by atoms with Crippen molar-refractivity contribution in [2.24, 2.45) is 5.73 Å². The molecular weight excluding hydrogens is 276 g/mol. The minimum atomic E-state index is -0.401. The summed E-state index contributed by atoms with van der Waals surface area (Å²) in [7, 11) is 1.63. The summed E-state index contributed by atoms with van der Waals surface area (Å²) in [5.41, 5.74) is 6.63. The molecule has 1 atom stereocenters. The van der Waals surface area contributed by atoms with E-state index in [-0.39, 0.29) is 0 Å². The Balaban J connectivity index is 2.33. The van der Waals surface area contributed by atoms with Crippen LogP contribution >= 0.6 is 11.8 Å². The predicted octanol–water partition coefficient (Wildman–Crippen LogP) is 1.21. The summed E-state index contributed by atoms with van der Waals surface area (Å²) < 4.78 is 7.04. The highest BCUT2D eigenvalue weighted by molar-refractivity contribution is 7.99. The van der Waals surface area contributed by atoms with Crippen molar-refractivity contribution in [3.05, 3.63) is 30.1 Å². The fraction of sp³-hybridized carbons (Fsp3) is 0.385. The molecule has 0 radical (unpaired) electrons. The standard InChI is InChI=1S/C13H18N4O2S/c1-9(18)8-20-13-16-15-12(7-14)17(13)10-3-5-11(19-2)6-4-10/h3-6,9,18H,7-8,14H2,1-2H3. The van der Waals surface area contributed by atoms with E-state index in [0.29, 0.717) is 18.1 Å². The maximum atomic E-state index is 9.39. The summed E-state index contributed by atoms with van der Waals surface area (Å²) in [6, 6.07) is 7.60. The third kappa shape index (κ3) is 3.30. The highest BCUT2D eigenvalue weighted by Gasteiger charge is 2.14. The quantitative estimate of drug-likeness (QED) is 0.779. The lowest BCUT2D eigenvalue weighted by molar-refractivity contribution is 0.220. The number of nitrogens with zero attached hydrogens (tertiary/aromatic N) is 3. The summed E-state index contributed by atoms with van der Waals surface area (Å²) in [4.78, 5) is 0. The van der Waals surface area contributed by atoms with Crippen LogP contribution in [0.3, 0.4) is 0 Å². The zero-order chi connectivity index (χ0) is 14.5. The smallest absolute Gasteiger partial charge is 0.195 e. The lowest BCUT2D eigenvalue weighted by Gasteiger charge is -2.10. The molecule has 2 aromatic rings. The van der Waals surface area contributed by atoms with Gasteiger partial charge in [-0.25, -0.2) is 0 Å². The summed E-state index contributed by atoms with van der Waals surface area (Å²) >= 11 is 1.45. The Labute approximate surface area is 122 Å². The third-order valence-corrected chi connectivity index (χ3v) is 3.84. The topological polar surface area (TPSA) is 86.2 Å². The number of benzene rings is 1. The molecule has 0 spiro atoms. The van der Waals surface area contributed by atoms with Crippen LogP contribution in [-0.2, 0) is 6.54 Å². The Morgan fingerprint density at radius 1 is 1.35 bits per heavy atom. The molecule has 0 saturated heterocycles. The van der Waals surface area contributed by atoms with Crippen molar-refractivity contribution in [1.82, 2.24) is 14.8 Å². The molecule has 0 aliphatic rings. The van der Waals surface area contributed by atoms with E-state index in [4.69, 9.17) is 10.5 Å². The third-order valence-electron chi connectivity index (χ3n) is 2.67. The molecule has 0 amide bonds. The minimum absolute atomic E-state index is 0.300. The zero-order valence-electron chi connectivity index (χ0n) is 11.5. The van der Waals surface area contributed by atoms with Crippen LogP contribution in [0.15, 0.2) is 29.4 Å². The van der Waals surface area contributed by atoms with Gasteiger partial charge in [-0.05, 0) is 31.2 Å². The Morgan fingerprint density at radius 2 is 2.05 bits per heavy atom. The summed E-state index contributed by atoms with van der Waals surface area (Å²) in [6.07, 6.45) is -0.401. The maximum absolute atomic E-state index is 9.39. The van der Waals surface area contributed by atoms with E-state index in [2.05, 4.69) is 10.2 Å². The van der Waals surface area contributed by atoms with E-state index < -0.39 is 6.10 Å². The molecule has 0 fully saturated rings.